The molecule has 1 fully saturated rings. The summed E-state index contributed by atoms with van der Waals surface area (Å²) in [6.45, 7) is 2.86. The van der Waals surface area contributed by atoms with Crippen molar-refractivity contribution in [2.45, 2.75) is 32.3 Å². The highest BCUT2D eigenvalue weighted by Crippen LogP contribution is 2.31. The van der Waals surface area contributed by atoms with Gasteiger partial charge in [-0.25, -0.2) is 4.98 Å². The molecule has 2 rings (SSSR count). The SMILES string of the molecule is CCOC1CC(Cc2nc(=S)[nH][nH]2)C1. The van der Waals surface area contributed by atoms with Gasteiger partial charge in [-0.05, 0) is 37.9 Å². The number of rotatable bonds is 4. The van der Waals surface area contributed by atoms with E-state index in [4.69, 9.17) is 17.0 Å². The molecule has 5 heteroatoms. The Morgan fingerprint density at radius 2 is 2.29 bits per heavy atom. The van der Waals surface area contributed by atoms with Crippen molar-refractivity contribution in [1.29, 1.82) is 0 Å². The Bertz CT molecular complexity index is 340. The Morgan fingerprint density at radius 1 is 1.50 bits per heavy atom. The lowest BCUT2D eigenvalue weighted by Gasteiger charge is -2.34. The van der Waals surface area contributed by atoms with E-state index in [1.165, 1.54) is 0 Å². The maximum Gasteiger partial charge on any atom is 0.213 e. The fourth-order valence-electron chi connectivity index (χ4n) is 1.89. The summed E-state index contributed by atoms with van der Waals surface area (Å²) in [5.41, 5.74) is 0. The van der Waals surface area contributed by atoms with Crippen LogP contribution >= 0.6 is 12.2 Å². The first-order valence-corrected chi connectivity index (χ1v) is 5.44. The number of hydrogen-bond acceptors (Lipinski definition) is 3. The van der Waals surface area contributed by atoms with E-state index < -0.39 is 0 Å². The molecule has 4 nitrogen and oxygen atoms in total. The molecule has 1 aromatic rings. The average Bonchev–Trinajstić information content (AvgIpc) is 2.48. The third-order valence-corrected chi connectivity index (χ3v) is 2.82. The number of hydrogen-bond donors (Lipinski definition) is 2. The number of aromatic amines is 2. The predicted octanol–water partition coefficient (Wildman–Crippen LogP) is 1.82. The third-order valence-electron chi connectivity index (χ3n) is 2.63. The van der Waals surface area contributed by atoms with E-state index in [0.717, 1.165) is 31.7 Å². The molecule has 0 aromatic carbocycles. The molecule has 0 radical (unpaired) electrons. The number of nitrogens with one attached hydrogen (secondary N) is 2. The molecule has 14 heavy (non-hydrogen) atoms. The molecule has 0 aliphatic heterocycles. The Labute approximate surface area is 88.1 Å². The lowest BCUT2D eigenvalue weighted by atomic mass is 9.80. The summed E-state index contributed by atoms with van der Waals surface area (Å²) in [7, 11) is 0. The molecule has 0 atom stereocenters. The van der Waals surface area contributed by atoms with Crippen LogP contribution in [-0.2, 0) is 11.2 Å². The number of nitrogens with zero attached hydrogens (tertiary/aromatic N) is 1. The van der Waals surface area contributed by atoms with Crippen LogP contribution in [0.4, 0.5) is 0 Å². The van der Waals surface area contributed by atoms with E-state index in [1.54, 1.807) is 0 Å². The average molecular weight is 213 g/mol. The van der Waals surface area contributed by atoms with Gasteiger partial charge in [0.1, 0.15) is 5.82 Å². The van der Waals surface area contributed by atoms with E-state index in [-0.39, 0.29) is 0 Å². The molecular weight excluding hydrogens is 198 g/mol. The number of aromatic nitrogens is 3. The summed E-state index contributed by atoms with van der Waals surface area (Å²) >= 11 is 4.88. The second-order valence-corrected chi connectivity index (χ2v) is 4.12. The minimum atomic E-state index is 0.479. The van der Waals surface area contributed by atoms with Crippen LogP contribution in [0.5, 0.6) is 0 Å². The van der Waals surface area contributed by atoms with Gasteiger partial charge >= 0.3 is 0 Å². The zero-order valence-corrected chi connectivity index (χ0v) is 9.06. The summed E-state index contributed by atoms with van der Waals surface area (Å²) in [6.07, 6.45) is 3.77. The van der Waals surface area contributed by atoms with Crippen molar-refractivity contribution in [2.75, 3.05) is 6.61 Å². The van der Waals surface area contributed by atoms with Gasteiger partial charge in [-0.2, -0.15) is 0 Å². The van der Waals surface area contributed by atoms with Gasteiger partial charge in [0.15, 0.2) is 0 Å². The highest BCUT2D eigenvalue weighted by molar-refractivity contribution is 7.71. The maximum absolute atomic E-state index is 5.49. The monoisotopic (exact) mass is 213 g/mol. The van der Waals surface area contributed by atoms with Gasteiger partial charge in [0.25, 0.3) is 0 Å². The Hall–Kier alpha value is -0.680. The molecular formula is C9H15N3OS. The summed E-state index contributed by atoms with van der Waals surface area (Å²) in [5, 5.41) is 5.78. The highest BCUT2D eigenvalue weighted by atomic mass is 32.1. The van der Waals surface area contributed by atoms with E-state index >= 15 is 0 Å². The lowest BCUT2D eigenvalue weighted by molar-refractivity contribution is -0.0245. The first kappa shape index (κ1) is 9.86. The molecule has 0 unspecified atom stereocenters. The fraction of sp³-hybridized carbons (Fsp3) is 0.778. The van der Waals surface area contributed by atoms with Crippen molar-refractivity contribution in [3.05, 3.63) is 10.6 Å². The molecule has 0 saturated heterocycles. The Balaban J connectivity index is 1.76. The van der Waals surface area contributed by atoms with Gasteiger partial charge in [-0.1, -0.05) is 0 Å². The van der Waals surface area contributed by atoms with E-state index in [9.17, 15) is 0 Å². The first-order valence-electron chi connectivity index (χ1n) is 5.03. The van der Waals surface area contributed by atoms with Crippen molar-refractivity contribution in [3.63, 3.8) is 0 Å². The van der Waals surface area contributed by atoms with Crippen molar-refractivity contribution < 1.29 is 4.74 Å². The van der Waals surface area contributed by atoms with Crippen LogP contribution in [-0.4, -0.2) is 27.9 Å². The van der Waals surface area contributed by atoms with Gasteiger partial charge in [0.2, 0.25) is 4.77 Å². The summed E-state index contributed by atoms with van der Waals surface area (Å²) in [5.74, 6) is 1.68. The van der Waals surface area contributed by atoms with E-state index in [2.05, 4.69) is 15.2 Å². The zero-order chi connectivity index (χ0) is 9.97. The predicted molar refractivity (Wildman–Crippen MR) is 55.6 cm³/mol. The normalized spacial score (nSPS) is 26.1. The summed E-state index contributed by atoms with van der Waals surface area (Å²) in [6, 6.07) is 0. The van der Waals surface area contributed by atoms with Crippen LogP contribution in [0, 0.1) is 10.7 Å². The second kappa shape index (κ2) is 4.23. The topological polar surface area (TPSA) is 53.7 Å². The molecule has 1 saturated carbocycles. The van der Waals surface area contributed by atoms with Crippen LogP contribution in [0.25, 0.3) is 0 Å². The van der Waals surface area contributed by atoms with Crippen LogP contribution in [0.15, 0.2) is 0 Å². The van der Waals surface area contributed by atoms with Gasteiger partial charge in [-0.15, -0.1) is 0 Å². The van der Waals surface area contributed by atoms with Crippen LogP contribution in [0.2, 0.25) is 0 Å². The molecule has 1 aliphatic rings. The zero-order valence-electron chi connectivity index (χ0n) is 8.25. The van der Waals surface area contributed by atoms with E-state index in [1.807, 2.05) is 6.92 Å². The minimum absolute atomic E-state index is 0.479. The quantitative estimate of drug-likeness (QED) is 0.750. The Morgan fingerprint density at radius 3 is 2.86 bits per heavy atom. The summed E-state index contributed by atoms with van der Waals surface area (Å²) < 4.78 is 6.03. The highest BCUT2D eigenvalue weighted by Gasteiger charge is 2.29. The molecule has 0 amide bonds. The molecule has 1 heterocycles. The van der Waals surface area contributed by atoms with Crippen molar-refractivity contribution >= 4 is 12.2 Å². The Kier molecular flexibility index (Phi) is 2.98. The molecule has 1 aromatic heterocycles. The number of ether oxygens (including phenoxy) is 1. The van der Waals surface area contributed by atoms with Gasteiger partial charge in [0, 0.05) is 13.0 Å². The van der Waals surface area contributed by atoms with Gasteiger partial charge in [-0.3, -0.25) is 10.2 Å². The van der Waals surface area contributed by atoms with Crippen molar-refractivity contribution in [1.82, 2.24) is 15.2 Å². The van der Waals surface area contributed by atoms with E-state index in [0.29, 0.717) is 16.8 Å². The molecule has 1 aliphatic carbocycles. The van der Waals surface area contributed by atoms with Crippen molar-refractivity contribution in [3.8, 4) is 0 Å². The molecule has 0 bridgehead atoms. The van der Waals surface area contributed by atoms with Gasteiger partial charge in [0.05, 0.1) is 6.10 Å². The lowest BCUT2D eigenvalue weighted by Crippen LogP contribution is -2.32. The molecule has 0 spiro atoms. The second-order valence-electron chi connectivity index (χ2n) is 3.73. The smallest absolute Gasteiger partial charge is 0.213 e. The summed E-state index contributed by atoms with van der Waals surface area (Å²) in [4.78, 5) is 4.17. The van der Waals surface area contributed by atoms with Crippen LogP contribution in [0.1, 0.15) is 25.6 Å². The minimum Gasteiger partial charge on any atom is -0.378 e. The number of H-pyrrole nitrogens is 2. The van der Waals surface area contributed by atoms with Gasteiger partial charge < -0.3 is 4.74 Å². The third kappa shape index (κ3) is 2.22. The molecule has 2 N–H and O–H groups in total. The molecule has 78 valence electrons. The maximum atomic E-state index is 5.49. The standard InChI is InChI=1S/C9H15N3OS/c1-2-13-7-3-6(4-7)5-8-10-9(14)12-11-8/h6-7H,2-5H2,1H3,(H2,10,11,12,14). The largest absolute Gasteiger partial charge is 0.378 e. The van der Waals surface area contributed by atoms with Crippen LogP contribution < -0.4 is 0 Å². The first-order chi connectivity index (χ1) is 6.78. The van der Waals surface area contributed by atoms with Crippen molar-refractivity contribution in [2.24, 2.45) is 5.92 Å². The fourth-order valence-corrected chi connectivity index (χ4v) is 2.05. The van der Waals surface area contributed by atoms with Crippen LogP contribution in [0.3, 0.4) is 0 Å².